The molecule has 2 N–H and O–H groups in total. The monoisotopic (exact) mass is 207 g/mol. The molecule has 1 aliphatic heterocycles. The first-order valence-corrected chi connectivity index (χ1v) is 5.28. The quantitative estimate of drug-likeness (QED) is 0.755. The predicted octanol–water partition coefficient (Wildman–Crippen LogP) is 2.05. The molecule has 2 rings (SSSR count). The van der Waals surface area contributed by atoms with E-state index in [-0.39, 0.29) is 6.10 Å². The average Bonchev–Trinajstić information content (AvgIpc) is 2.67. The number of anilines is 1. The van der Waals surface area contributed by atoms with Crippen LogP contribution in [-0.2, 0) is 4.74 Å². The molecule has 0 aliphatic carbocycles. The Balaban J connectivity index is 2.16. The van der Waals surface area contributed by atoms with E-state index in [1.54, 1.807) is 0 Å². The van der Waals surface area contributed by atoms with E-state index in [1.165, 1.54) is 0 Å². The molecule has 0 spiro atoms. The minimum atomic E-state index is 0.201. The number of rotatable bonds is 2. The van der Waals surface area contributed by atoms with Crippen molar-refractivity contribution in [2.45, 2.75) is 26.4 Å². The lowest BCUT2D eigenvalue weighted by Gasteiger charge is -2.15. The molecule has 1 heterocycles. The SMILES string of the molecule is Cc1cc(OC2CCOC2)c(C)cc1N. The van der Waals surface area contributed by atoms with E-state index in [0.29, 0.717) is 6.61 Å². The summed E-state index contributed by atoms with van der Waals surface area (Å²) >= 11 is 0. The van der Waals surface area contributed by atoms with Gasteiger partial charge in [0.2, 0.25) is 0 Å². The Hall–Kier alpha value is -1.22. The van der Waals surface area contributed by atoms with Crippen molar-refractivity contribution >= 4 is 5.69 Å². The van der Waals surface area contributed by atoms with E-state index in [1.807, 2.05) is 26.0 Å². The molecule has 1 aliphatic rings. The third-order valence-electron chi connectivity index (χ3n) is 2.75. The Morgan fingerprint density at radius 1 is 1.33 bits per heavy atom. The van der Waals surface area contributed by atoms with Gasteiger partial charge in [0.1, 0.15) is 11.9 Å². The van der Waals surface area contributed by atoms with E-state index >= 15 is 0 Å². The minimum Gasteiger partial charge on any atom is -0.488 e. The molecule has 0 amide bonds. The first-order valence-electron chi connectivity index (χ1n) is 5.28. The Kier molecular flexibility index (Phi) is 2.82. The fourth-order valence-corrected chi connectivity index (χ4v) is 1.72. The Labute approximate surface area is 90.2 Å². The summed E-state index contributed by atoms with van der Waals surface area (Å²) < 4.78 is 11.1. The number of benzene rings is 1. The fourth-order valence-electron chi connectivity index (χ4n) is 1.72. The van der Waals surface area contributed by atoms with Crippen LogP contribution in [0, 0.1) is 13.8 Å². The molecule has 1 unspecified atom stereocenters. The molecule has 0 bridgehead atoms. The van der Waals surface area contributed by atoms with Crippen LogP contribution >= 0.6 is 0 Å². The zero-order valence-electron chi connectivity index (χ0n) is 9.25. The second-order valence-electron chi connectivity index (χ2n) is 4.08. The van der Waals surface area contributed by atoms with Crippen LogP contribution in [0.1, 0.15) is 17.5 Å². The third-order valence-corrected chi connectivity index (χ3v) is 2.75. The molecule has 1 fully saturated rings. The number of ether oxygens (including phenoxy) is 2. The van der Waals surface area contributed by atoms with E-state index in [4.69, 9.17) is 15.2 Å². The third kappa shape index (κ3) is 2.23. The lowest BCUT2D eigenvalue weighted by molar-refractivity contribution is 0.141. The molecule has 15 heavy (non-hydrogen) atoms. The first kappa shape index (κ1) is 10.3. The summed E-state index contributed by atoms with van der Waals surface area (Å²) in [6, 6.07) is 3.96. The van der Waals surface area contributed by atoms with Gasteiger partial charge in [-0.2, -0.15) is 0 Å². The van der Waals surface area contributed by atoms with Crippen LogP contribution < -0.4 is 10.5 Å². The van der Waals surface area contributed by atoms with E-state index in [2.05, 4.69) is 0 Å². The fraction of sp³-hybridized carbons (Fsp3) is 0.500. The second-order valence-corrected chi connectivity index (χ2v) is 4.08. The van der Waals surface area contributed by atoms with Gasteiger partial charge < -0.3 is 15.2 Å². The van der Waals surface area contributed by atoms with Gasteiger partial charge in [0.15, 0.2) is 0 Å². The van der Waals surface area contributed by atoms with Crippen molar-refractivity contribution in [3.8, 4) is 5.75 Å². The average molecular weight is 207 g/mol. The van der Waals surface area contributed by atoms with Crippen molar-refractivity contribution in [1.29, 1.82) is 0 Å². The zero-order valence-corrected chi connectivity index (χ0v) is 9.25. The van der Waals surface area contributed by atoms with Gasteiger partial charge in [-0.15, -0.1) is 0 Å². The van der Waals surface area contributed by atoms with Gasteiger partial charge in [-0.05, 0) is 37.1 Å². The van der Waals surface area contributed by atoms with Crippen LogP contribution in [0.15, 0.2) is 12.1 Å². The molecule has 3 nitrogen and oxygen atoms in total. The van der Waals surface area contributed by atoms with Crippen molar-refractivity contribution in [3.63, 3.8) is 0 Å². The van der Waals surface area contributed by atoms with Gasteiger partial charge in [-0.1, -0.05) is 0 Å². The van der Waals surface area contributed by atoms with Crippen molar-refractivity contribution in [1.82, 2.24) is 0 Å². The van der Waals surface area contributed by atoms with E-state index in [0.717, 1.165) is 35.6 Å². The van der Waals surface area contributed by atoms with Gasteiger partial charge >= 0.3 is 0 Å². The van der Waals surface area contributed by atoms with Crippen molar-refractivity contribution < 1.29 is 9.47 Å². The van der Waals surface area contributed by atoms with Gasteiger partial charge in [-0.25, -0.2) is 0 Å². The molecule has 1 atom stereocenters. The van der Waals surface area contributed by atoms with Crippen molar-refractivity contribution in [3.05, 3.63) is 23.3 Å². The maximum atomic E-state index is 5.86. The number of hydrogen-bond acceptors (Lipinski definition) is 3. The van der Waals surface area contributed by atoms with E-state index in [9.17, 15) is 0 Å². The van der Waals surface area contributed by atoms with Gasteiger partial charge in [0.25, 0.3) is 0 Å². The smallest absolute Gasteiger partial charge is 0.124 e. The highest BCUT2D eigenvalue weighted by atomic mass is 16.5. The highest BCUT2D eigenvalue weighted by molar-refractivity contribution is 5.53. The minimum absolute atomic E-state index is 0.201. The molecular weight excluding hydrogens is 190 g/mol. The number of nitrogens with two attached hydrogens (primary N) is 1. The summed E-state index contributed by atoms with van der Waals surface area (Å²) in [6.45, 7) is 5.51. The summed E-state index contributed by atoms with van der Waals surface area (Å²) in [5.41, 5.74) is 8.79. The Bertz CT molecular complexity index is 357. The molecule has 0 saturated carbocycles. The topological polar surface area (TPSA) is 44.5 Å². The summed E-state index contributed by atoms with van der Waals surface area (Å²) in [6.07, 6.45) is 1.18. The van der Waals surface area contributed by atoms with Crippen LogP contribution in [0.3, 0.4) is 0 Å². The van der Waals surface area contributed by atoms with Crippen LogP contribution in [0.2, 0.25) is 0 Å². The molecule has 1 aromatic rings. The van der Waals surface area contributed by atoms with E-state index < -0.39 is 0 Å². The zero-order chi connectivity index (χ0) is 10.8. The summed E-state index contributed by atoms with van der Waals surface area (Å²) in [5.74, 6) is 0.928. The molecule has 82 valence electrons. The molecule has 1 saturated heterocycles. The van der Waals surface area contributed by atoms with Gasteiger partial charge in [0, 0.05) is 12.1 Å². The largest absolute Gasteiger partial charge is 0.488 e. The molecule has 1 aromatic carbocycles. The van der Waals surface area contributed by atoms with Crippen molar-refractivity contribution in [2.24, 2.45) is 0 Å². The summed E-state index contributed by atoms with van der Waals surface area (Å²) in [7, 11) is 0. The molecule has 0 radical (unpaired) electrons. The first-order chi connectivity index (χ1) is 7.16. The van der Waals surface area contributed by atoms with Gasteiger partial charge in [0.05, 0.1) is 13.2 Å². The number of nitrogen functional groups attached to an aromatic ring is 1. The standard InChI is InChI=1S/C12H17NO2/c1-8-6-12(9(2)5-11(8)13)15-10-3-4-14-7-10/h5-6,10H,3-4,7,13H2,1-2H3. The Morgan fingerprint density at radius 3 is 2.80 bits per heavy atom. The number of aryl methyl sites for hydroxylation is 2. The summed E-state index contributed by atoms with van der Waals surface area (Å²) in [4.78, 5) is 0. The highest BCUT2D eigenvalue weighted by Gasteiger charge is 2.18. The molecule has 3 heteroatoms. The van der Waals surface area contributed by atoms with Crippen LogP contribution in [0.25, 0.3) is 0 Å². The molecular formula is C12H17NO2. The predicted molar refractivity (Wildman–Crippen MR) is 60.2 cm³/mol. The lowest BCUT2D eigenvalue weighted by atomic mass is 10.1. The van der Waals surface area contributed by atoms with Crippen LogP contribution in [0.5, 0.6) is 5.75 Å². The van der Waals surface area contributed by atoms with Gasteiger partial charge in [-0.3, -0.25) is 0 Å². The van der Waals surface area contributed by atoms with Crippen LogP contribution in [0.4, 0.5) is 5.69 Å². The molecule has 0 aromatic heterocycles. The Morgan fingerprint density at radius 2 is 2.13 bits per heavy atom. The maximum absolute atomic E-state index is 5.86. The van der Waals surface area contributed by atoms with Crippen LogP contribution in [-0.4, -0.2) is 19.3 Å². The number of hydrogen-bond donors (Lipinski definition) is 1. The highest BCUT2D eigenvalue weighted by Crippen LogP contribution is 2.26. The lowest BCUT2D eigenvalue weighted by Crippen LogP contribution is -2.16. The summed E-state index contributed by atoms with van der Waals surface area (Å²) in [5, 5.41) is 0. The van der Waals surface area contributed by atoms with Crippen molar-refractivity contribution in [2.75, 3.05) is 18.9 Å². The maximum Gasteiger partial charge on any atom is 0.124 e. The normalized spacial score (nSPS) is 20.5. The second kappa shape index (κ2) is 4.11.